The van der Waals surface area contributed by atoms with E-state index in [1.165, 1.54) is 32.7 Å². The minimum atomic E-state index is -0.425. The molecule has 0 unspecified atom stereocenters. The summed E-state index contributed by atoms with van der Waals surface area (Å²) in [6.07, 6.45) is 0. The molecule has 0 bridgehead atoms. The normalized spacial score (nSPS) is 10.1. The number of carbonyl (C=O) groups is 2. The van der Waals surface area contributed by atoms with Crippen molar-refractivity contribution in [1.82, 2.24) is 5.32 Å². The van der Waals surface area contributed by atoms with Crippen LogP contribution in [-0.4, -0.2) is 38.3 Å². The minimum Gasteiger partial charge on any atom is -0.497 e. The number of benzene rings is 2. The summed E-state index contributed by atoms with van der Waals surface area (Å²) in [5.41, 5.74) is 1.41. The average molecular weight is 472 g/mol. The van der Waals surface area contributed by atoms with Gasteiger partial charge < -0.3 is 24.8 Å². The average Bonchev–Trinajstić information content (AvgIpc) is 3.34. The number of thiocarbonyl (C=S) groups is 1. The Bertz CT molecular complexity index is 1110. The number of carbonyl (C=O) groups excluding carboxylic acids is 2. The molecule has 0 fully saturated rings. The Hall–Kier alpha value is -3.63. The highest BCUT2D eigenvalue weighted by Crippen LogP contribution is 2.29. The fourth-order valence-corrected chi connectivity index (χ4v) is 3.57. The Kier molecular flexibility index (Phi) is 7.63. The van der Waals surface area contributed by atoms with Gasteiger partial charge in [0.15, 0.2) is 5.11 Å². The van der Waals surface area contributed by atoms with E-state index in [9.17, 15) is 9.59 Å². The number of nitrogens with one attached hydrogen (secondary N) is 3. The van der Waals surface area contributed by atoms with Gasteiger partial charge in [-0.3, -0.25) is 14.9 Å². The van der Waals surface area contributed by atoms with Gasteiger partial charge in [-0.25, -0.2) is 0 Å². The lowest BCUT2D eigenvalue weighted by Crippen LogP contribution is -2.34. The predicted molar refractivity (Wildman–Crippen MR) is 128 cm³/mol. The minimum absolute atomic E-state index is 0.0919. The summed E-state index contributed by atoms with van der Waals surface area (Å²) in [5.74, 6) is 0.755. The molecule has 0 saturated heterocycles. The smallest absolute Gasteiger partial charge is 0.265 e. The SMILES string of the molecule is COc1cc(OC)cc(C(=O)NC(=S)Nc2ccc(NC(=O)c3cccs3)c(OC)c2)c1. The van der Waals surface area contributed by atoms with Crippen molar-refractivity contribution in [2.75, 3.05) is 32.0 Å². The van der Waals surface area contributed by atoms with Crippen LogP contribution in [0, 0.1) is 0 Å². The first-order valence-electron chi connectivity index (χ1n) is 9.31. The first kappa shape index (κ1) is 23.0. The molecular formula is C22H21N3O5S2. The molecule has 0 radical (unpaired) electrons. The number of hydrogen-bond donors (Lipinski definition) is 3. The second-order valence-corrected chi connectivity index (χ2v) is 7.71. The zero-order valence-electron chi connectivity index (χ0n) is 17.6. The first-order chi connectivity index (χ1) is 15.4. The molecule has 10 heteroatoms. The summed E-state index contributed by atoms with van der Waals surface area (Å²) in [6.45, 7) is 0. The highest BCUT2D eigenvalue weighted by Gasteiger charge is 2.14. The van der Waals surface area contributed by atoms with Gasteiger partial charge in [-0.1, -0.05) is 6.07 Å². The van der Waals surface area contributed by atoms with Crippen LogP contribution in [0.15, 0.2) is 53.9 Å². The van der Waals surface area contributed by atoms with Gasteiger partial charge in [-0.05, 0) is 47.9 Å². The van der Waals surface area contributed by atoms with Crippen LogP contribution < -0.4 is 30.2 Å². The van der Waals surface area contributed by atoms with Gasteiger partial charge in [0, 0.05) is 23.4 Å². The Labute approximate surface area is 194 Å². The van der Waals surface area contributed by atoms with Gasteiger partial charge in [-0.15, -0.1) is 11.3 Å². The summed E-state index contributed by atoms with van der Waals surface area (Å²) < 4.78 is 15.7. The first-order valence-corrected chi connectivity index (χ1v) is 10.6. The fourth-order valence-electron chi connectivity index (χ4n) is 2.74. The summed E-state index contributed by atoms with van der Waals surface area (Å²) >= 11 is 6.60. The van der Waals surface area contributed by atoms with Gasteiger partial charge in [-0.2, -0.15) is 0 Å². The Balaban J connectivity index is 1.67. The van der Waals surface area contributed by atoms with Crippen molar-refractivity contribution in [3.8, 4) is 17.2 Å². The van der Waals surface area contributed by atoms with Crippen molar-refractivity contribution in [1.29, 1.82) is 0 Å². The van der Waals surface area contributed by atoms with Crippen molar-refractivity contribution in [2.24, 2.45) is 0 Å². The van der Waals surface area contributed by atoms with Crippen LogP contribution in [0.4, 0.5) is 11.4 Å². The molecule has 1 heterocycles. The Morgan fingerprint density at radius 3 is 2.19 bits per heavy atom. The van der Waals surface area contributed by atoms with Crippen LogP contribution >= 0.6 is 23.6 Å². The molecule has 2 aromatic carbocycles. The molecule has 1 aromatic heterocycles. The standard InChI is InChI=1S/C22H21N3O5S2/c1-28-15-9-13(10-16(12-15)29-2)20(26)25-22(31)23-14-6-7-17(18(11-14)30-3)24-21(27)19-5-4-8-32-19/h4-12H,1-3H3,(H,24,27)(H2,23,25,26,31). The molecule has 3 rings (SSSR count). The summed E-state index contributed by atoms with van der Waals surface area (Å²) in [6, 6.07) is 13.4. The maximum atomic E-state index is 12.6. The highest BCUT2D eigenvalue weighted by molar-refractivity contribution is 7.80. The summed E-state index contributed by atoms with van der Waals surface area (Å²) in [5, 5.41) is 10.3. The van der Waals surface area contributed by atoms with Crippen molar-refractivity contribution < 1.29 is 23.8 Å². The molecule has 32 heavy (non-hydrogen) atoms. The molecule has 0 aliphatic carbocycles. The number of amides is 2. The van der Waals surface area contributed by atoms with Crippen LogP contribution in [-0.2, 0) is 0 Å². The van der Waals surface area contributed by atoms with Crippen LogP contribution in [0.5, 0.6) is 17.2 Å². The quantitative estimate of drug-likeness (QED) is 0.445. The molecule has 3 aromatic rings. The van der Waals surface area contributed by atoms with Gasteiger partial charge in [0.05, 0.1) is 31.9 Å². The molecule has 3 N–H and O–H groups in total. The molecule has 166 valence electrons. The largest absolute Gasteiger partial charge is 0.497 e. The maximum Gasteiger partial charge on any atom is 0.265 e. The van der Waals surface area contributed by atoms with E-state index in [0.29, 0.717) is 39.1 Å². The van der Waals surface area contributed by atoms with Gasteiger partial charge in [0.25, 0.3) is 11.8 Å². The van der Waals surface area contributed by atoms with Crippen molar-refractivity contribution in [3.05, 3.63) is 64.4 Å². The molecule has 8 nitrogen and oxygen atoms in total. The van der Waals surface area contributed by atoms with Crippen molar-refractivity contribution >= 4 is 51.9 Å². The van der Waals surface area contributed by atoms with Gasteiger partial charge >= 0.3 is 0 Å². The van der Waals surface area contributed by atoms with E-state index >= 15 is 0 Å². The second kappa shape index (κ2) is 10.6. The van der Waals surface area contributed by atoms with Gasteiger partial charge in [0.2, 0.25) is 0 Å². The number of ether oxygens (including phenoxy) is 3. The second-order valence-electron chi connectivity index (χ2n) is 6.36. The topological polar surface area (TPSA) is 97.9 Å². The number of hydrogen-bond acceptors (Lipinski definition) is 7. The van der Waals surface area contributed by atoms with E-state index < -0.39 is 5.91 Å². The monoisotopic (exact) mass is 471 g/mol. The number of rotatable bonds is 7. The third-order valence-corrected chi connectivity index (χ3v) is 5.37. The van der Waals surface area contributed by atoms with Gasteiger partial charge in [0.1, 0.15) is 17.2 Å². The van der Waals surface area contributed by atoms with Crippen LogP contribution in [0.1, 0.15) is 20.0 Å². The van der Waals surface area contributed by atoms with E-state index in [4.69, 9.17) is 26.4 Å². The molecule has 0 aliphatic rings. The Morgan fingerprint density at radius 1 is 0.875 bits per heavy atom. The lowest BCUT2D eigenvalue weighted by Gasteiger charge is -2.14. The van der Waals surface area contributed by atoms with E-state index in [0.717, 1.165) is 0 Å². The van der Waals surface area contributed by atoms with Crippen LogP contribution in [0.3, 0.4) is 0 Å². The maximum absolute atomic E-state index is 12.6. The number of thiophene rings is 1. The zero-order chi connectivity index (χ0) is 23.1. The fraction of sp³-hybridized carbons (Fsp3) is 0.136. The number of methoxy groups -OCH3 is 3. The highest BCUT2D eigenvalue weighted by atomic mass is 32.1. The third-order valence-electron chi connectivity index (χ3n) is 4.29. The molecule has 0 aliphatic heterocycles. The van der Waals surface area contributed by atoms with E-state index in [1.807, 2.05) is 5.38 Å². The third kappa shape index (κ3) is 5.74. The lowest BCUT2D eigenvalue weighted by atomic mass is 10.2. The van der Waals surface area contributed by atoms with Crippen LogP contribution in [0.2, 0.25) is 0 Å². The zero-order valence-corrected chi connectivity index (χ0v) is 19.2. The van der Waals surface area contributed by atoms with E-state index in [2.05, 4.69) is 16.0 Å². The molecule has 0 atom stereocenters. The summed E-state index contributed by atoms with van der Waals surface area (Å²) in [4.78, 5) is 25.5. The summed E-state index contributed by atoms with van der Waals surface area (Å²) in [7, 11) is 4.50. The molecular weight excluding hydrogens is 450 g/mol. The Morgan fingerprint density at radius 2 is 1.59 bits per heavy atom. The van der Waals surface area contributed by atoms with Crippen molar-refractivity contribution in [3.63, 3.8) is 0 Å². The van der Waals surface area contributed by atoms with E-state index in [-0.39, 0.29) is 11.0 Å². The number of anilines is 2. The van der Waals surface area contributed by atoms with Crippen molar-refractivity contribution in [2.45, 2.75) is 0 Å². The van der Waals surface area contributed by atoms with E-state index in [1.54, 1.807) is 48.5 Å². The molecule has 0 saturated carbocycles. The lowest BCUT2D eigenvalue weighted by molar-refractivity contribution is 0.0975. The predicted octanol–water partition coefficient (Wildman–Crippen LogP) is 4.15. The van der Waals surface area contributed by atoms with Crippen LogP contribution in [0.25, 0.3) is 0 Å². The molecule has 0 spiro atoms. The molecule has 2 amide bonds.